The Bertz CT molecular complexity index is 333. The van der Waals surface area contributed by atoms with Gasteiger partial charge in [0.1, 0.15) is 0 Å². The summed E-state index contributed by atoms with van der Waals surface area (Å²) < 4.78 is 13.7. The fraction of sp³-hybridized carbons (Fsp3) is 0.857. The third-order valence-corrected chi connectivity index (χ3v) is 4.57. The van der Waals surface area contributed by atoms with Crippen LogP contribution < -0.4 is 0 Å². The molecule has 2 rings (SSSR count). The molecule has 3 atom stereocenters. The zero-order chi connectivity index (χ0) is 12.3. The predicted molar refractivity (Wildman–Crippen MR) is 63.7 cm³/mol. The molecule has 0 radical (unpaired) electrons. The van der Waals surface area contributed by atoms with Gasteiger partial charge < -0.3 is 4.85 Å². The highest BCUT2D eigenvalue weighted by Gasteiger charge is 2.38. The molecule has 2 aliphatic rings. The van der Waals surface area contributed by atoms with E-state index in [9.17, 15) is 4.39 Å². The highest BCUT2D eigenvalue weighted by Crippen LogP contribution is 2.41. The summed E-state index contributed by atoms with van der Waals surface area (Å²) in [5.41, 5.74) is 0. The van der Waals surface area contributed by atoms with Crippen LogP contribution in [-0.2, 0) is 0 Å². The first-order chi connectivity index (χ1) is 8.24. The lowest BCUT2D eigenvalue weighted by Gasteiger charge is -2.35. The van der Waals surface area contributed by atoms with Gasteiger partial charge in [0, 0.05) is 12.3 Å². The SMILES string of the molecule is [C-]#[N+]C1CCC(C2CCC(C#N)CC2)CC1F. The average molecular weight is 234 g/mol. The van der Waals surface area contributed by atoms with Crippen LogP contribution in [0.2, 0.25) is 0 Å². The molecule has 0 aliphatic heterocycles. The minimum Gasteiger partial charge on any atom is -0.310 e. The maximum atomic E-state index is 13.7. The van der Waals surface area contributed by atoms with E-state index in [1.165, 1.54) is 0 Å². The van der Waals surface area contributed by atoms with Crippen molar-refractivity contribution in [2.24, 2.45) is 17.8 Å². The van der Waals surface area contributed by atoms with Crippen molar-refractivity contribution < 1.29 is 4.39 Å². The fourth-order valence-electron chi connectivity index (χ4n) is 3.42. The van der Waals surface area contributed by atoms with E-state index in [-0.39, 0.29) is 12.0 Å². The summed E-state index contributed by atoms with van der Waals surface area (Å²) in [6.07, 6.45) is 5.54. The summed E-state index contributed by atoms with van der Waals surface area (Å²) in [7, 11) is 0. The molecule has 2 saturated carbocycles. The molecular formula is C14H19FN2. The van der Waals surface area contributed by atoms with Crippen molar-refractivity contribution in [1.82, 2.24) is 0 Å². The minimum absolute atomic E-state index is 0.229. The zero-order valence-corrected chi connectivity index (χ0v) is 10.1. The van der Waals surface area contributed by atoms with E-state index in [1.54, 1.807) is 0 Å². The number of nitriles is 1. The molecule has 2 aliphatic carbocycles. The van der Waals surface area contributed by atoms with Crippen molar-refractivity contribution >= 4 is 0 Å². The van der Waals surface area contributed by atoms with Crippen LogP contribution in [0.4, 0.5) is 4.39 Å². The summed E-state index contributed by atoms with van der Waals surface area (Å²) in [4.78, 5) is 3.37. The number of rotatable bonds is 1. The molecule has 0 aromatic rings. The lowest BCUT2D eigenvalue weighted by Crippen LogP contribution is -2.33. The Morgan fingerprint density at radius 3 is 2.24 bits per heavy atom. The van der Waals surface area contributed by atoms with E-state index < -0.39 is 6.17 Å². The molecule has 0 aromatic carbocycles. The first kappa shape index (κ1) is 12.4. The number of alkyl halides is 1. The average Bonchev–Trinajstić information content (AvgIpc) is 2.39. The third kappa shape index (κ3) is 2.78. The maximum absolute atomic E-state index is 13.7. The Labute approximate surface area is 103 Å². The smallest absolute Gasteiger partial charge is 0.254 e. The Morgan fingerprint density at radius 2 is 1.71 bits per heavy atom. The predicted octanol–water partition coefficient (Wildman–Crippen LogP) is 3.74. The Kier molecular flexibility index (Phi) is 4.00. The normalized spacial score (nSPS) is 42.4. The van der Waals surface area contributed by atoms with E-state index in [2.05, 4.69) is 10.9 Å². The summed E-state index contributed by atoms with van der Waals surface area (Å²) in [6.45, 7) is 6.94. The van der Waals surface area contributed by atoms with Crippen molar-refractivity contribution in [2.75, 3.05) is 0 Å². The van der Waals surface area contributed by atoms with Gasteiger partial charge in [0.05, 0.1) is 6.07 Å². The second-order valence-electron chi connectivity index (χ2n) is 5.53. The molecule has 0 amide bonds. The number of nitrogens with zero attached hydrogens (tertiary/aromatic N) is 2. The highest BCUT2D eigenvalue weighted by molar-refractivity contribution is 4.95. The van der Waals surface area contributed by atoms with Crippen molar-refractivity contribution in [3.63, 3.8) is 0 Å². The molecule has 0 heterocycles. The molecular weight excluding hydrogens is 215 g/mol. The van der Waals surface area contributed by atoms with Crippen LogP contribution in [-0.4, -0.2) is 12.2 Å². The van der Waals surface area contributed by atoms with Crippen molar-refractivity contribution in [3.05, 3.63) is 11.4 Å². The van der Waals surface area contributed by atoms with Gasteiger partial charge in [-0.2, -0.15) is 5.26 Å². The maximum Gasteiger partial charge on any atom is 0.254 e. The molecule has 2 fully saturated rings. The Balaban J connectivity index is 1.85. The van der Waals surface area contributed by atoms with Gasteiger partial charge in [-0.25, -0.2) is 11.0 Å². The highest BCUT2D eigenvalue weighted by atomic mass is 19.1. The second kappa shape index (κ2) is 5.50. The summed E-state index contributed by atoms with van der Waals surface area (Å²) in [6, 6.07) is 1.95. The monoisotopic (exact) mass is 234 g/mol. The van der Waals surface area contributed by atoms with E-state index in [0.717, 1.165) is 38.5 Å². The quantitative estimate of drug-likeness (QED) is 0.635. The molecule has 0 bridgehead atoms. The van der Waals surface area contributed by atoms with Crippen molar-refractivity contribution in [2.45, 2.75) is 57.2 Å². The van der Waals surface area contributed by atoms with Crippen molar-refractivity contribution in [3.8, 4) is 6.07 Å². The second-order valence-corrected chi connectivity index (χ2v) is 5.53. The van der Waals surface area contributed by atoms with Crippen LogP contribution >= 0.6 is 0 Å². The van der Waals surface area contributed by atoms with Gasteiger partial charge >= 0.3 is 0 Å². The molecule has 3 unspecified atom stereocenters. The Hall–Kier alpha value is -1.09. The number of halogens is 1. The van der Waals surface area contributed by atoms with Gasteiger partial charge in [0.2, 0.25) is 0 Å². The van der Waals surface area contributed by atoms with E-state index in [1.807, 2.05) is 0 Å². The van der Waals surface area contributed by atoms with Crippen LogP contribution in [0.5, 0.6) is 0 Å². The minimum atomic E-state index is -0.917. The molecule has 0 saturated heterocycles. The van der Waals surface area contributed by atoms with Gasteiger partial charge in [-0.1, -0.05) is 0 Å². The summed E-state index contributed by atoms with van der Waals surface area (Å²) in [5, 5.41) is 8.85. The molecule has 0 aromatic heterocycles. The van der Waals surface area contributed by atoms with Gasteiger partial charge in [0.25, 0.3) is 6.04 Å². The van der Waals surface area contributed by atoms with Crippen molar-refractivity contribution in [1.29, 1.82) is 5.26 Å². The summed E-state index contributed by atoms with van der Waals surface area (Å²) in [5.74, 6) is 1.29. The van der Waals surface area contributed by atoms with Gasteiger partial charge in [0.15, 0.2) is 6.17 Å². The van der Waals surface area contributed by atoms with Crippen LogP contribution in [0.1, 0.15) is 44.9 Å². The standard InChI is InChI=1S/C14H19FN2/c1-17-14-7-6-12(8-13(14)15)11-4-2-10(9-16)3-5-11/h10-14H,2-8H2. The first-order valence-electron chi connectivity index (χ1n) is 6.64. The molecule has 17 heavy (non-hydrogen) atoms. The molecule has 0 N–H and O–H groups in total. The molecule has 0 spiro atoms. The summed E-state index contributed by atoms with van der Waals surface area (Å²) >= 11 is 0. The van der Waals surface area contributed by atoms with Crippen LogP contribution in [0.15, 0.2) is 0 Å². The van der Waals surface area contributed by atoms with E-state index >= 15 is 0 Å². The molecule has 92 valence electrons. The van der Waals surface area contributed by atoms with Crippen LogP contribution in [0, 0.1) is 35.7 Å². The third-order valence-electron chi connectivity index (χ3n) is 4.57. The lowest BCUT2D eigenvalue weighted by atomic mass is 9.70. The van der Waals surface area contributed by atoms with E-state index in [0.29, 0.717) is 18.3 Å². The van der Waals surface area contributed by atoms with Crippen LogP contribution in [0.3, 0.4) is 0 Å². The molecule has 3 heteroatoms. The van der Waals surface area contributed by atoms with Crippen LogP contribution in [0.25, 0.3) is 4.85 Å². The topological polar surface area (TPSA) is 28.1 Å². The van der Waals surface area contributed by atoms with E-state index in [4.69, 9.17) is 11.8 Å². The number of hydrogen-bond acceptors (Lipinski definition) is 1. The van der Waals surface area contributed by atoms with Gasteiger partial charge in [-0.05, 0) is 50.4 Å². The lowest BCUT2D eigenvalue weighted by molar-refractivity contribution is 0.120. The zero-order valence-electron chi connectivity index (χ0n) is 10.1. The molecule has 2 nitrogen and oxygen atoms in total. The Morgan fingerprint density at radius 1 is 1.06 bits per heavy atom. The largest absolute Gasteiger partial charge is 0.310 e. The first-order valence-corrected chi connectivity index (χ1v) is 6.64. The van der Waals surface area contributed by atoms with Gasteiger partial charge in [-0.15, -0.1) is 0 Å². The van der Waals surface area contributed by atoms with Gasteiger partial charge in [-0.3, -0.25) is 0 Å². The number of hydrogen-bond donors (Lipinski definition) is 0. The fourth-order valence-corrected chi connectivity index (χ4v) is 3.42.